The predicted octanol–water partition coefficient (Wildman–Crippen LogP) is 3.84. The molecule has 1 atom stereocenters. The zero-order chi connectivity index (χ0) is 13.7. The molecule has 1 aromatic heterocycles. The summed E-state index contributed by atoms with van der Waals surface area (Å²) in [6.45, 7) is 7.66. The standard InChI is InChI=1S/C17H26N2/c1-17(2,3)19-13-5-4-8-14-9-6-10-15-11-7-12-18-16(14)15/h4,7-8,11-12,14,19H,5-6,9-10,13H2,1-3H3. The van der Waals surface area contributed by atoms with Gasteiger partial charge in [0, 0.05) is 17.7 Å². The van der Waals surface area contributed by atoms with Crippen molar-refractivity contribution in [3.8, 4) is 0 Å². The Bertz CT molecular complexity index is 429. The van der Waals surface area contributed by atoms with E-state index in [9.17, 15) is 0 Å². The van der Waals surface area contributed by atoms with Crippen molar-refractivity contribution in [3.63, 3.8) is 0 Å². The molecule has 104 valence electrons. The van der Waals surface area contributed by atoms with Crippen LogP contribution in [-0.4, -0.2) is 17.1 Å². The summed E-state index contributed by atoms with van der Waals surface area (Å²) in [5, 5.41) is 3.51. The largest absolute Gasteiger partial charge is 0.312 e. The normalized spacial score (nSPS) is 19.6. The van der Waals surface area contributed by atoms with Crippen molar-refractivity contribution in [1.82, 2.24) is 10.3 Å². The molecule has 0 bridgehead atoms. The number of rotatable bonds is 4. The zero-order valence-electron chi connectivity index (χ0n) is 12.4. The fraction of sp³-hybridized carbons (Fsp3) is 0.588. The highest BCUT2D eigenvalue weighted by Gasteiger charge is 2.18. The second-order valence-corrected chi connectivity index (χ2v) is 6.44. The third-order valence-corrected chi connectivity index (χ3v) is 3.57. The number of pyridine rings is 1. The maximum absolute atomic E-state index is 4.57. The summed E-state index contributed by atoms with van der Waals surface area (Å²) in [6.07, 6.45) is 11.4. The molecule has 0 radical (unpaired) electrons. The van der Waals surface area contributed by atoms with Crippen molar-refractivity contribution in [2.45, 2.75) is 57.9 Å². The van der Waals surface area contributed by atoms with Gasteiger partial charge in [-0.2, -0.15) is 0 Å². The molecule has 2 heteroatoms. The third-order valence-electron chi connectivity index (χ3n) is 3.57. The van der Waals surface area contributed by atoms with Gasteiger partial charge in [0.15, 0.2) is 0 Å². The van der Waals surface area contributed by atoms with E-state index in [1.54, 1.807) is 0 Å². The molecule has 0 amide bonds. The lowest BCUT2D eigenvalue weighted by Crippen LogP contribution is -2.36. The van der Waals surface area contributed by atoms with Gasteiger partial charge in [-0.3, -0.25) is 4.98 Å². The zero-order valence-corrected chi connectivity index (χ0v) is 12.4. The van der Waals surface area contributed by atoms with Crippen LogP contribution >= 0.6 is 0 Å². The Hall–Kier alpha value is -1.15. The summed E-state index contributed by atoms with van der Waals surface area (Å²) in [7, 11) is 0. The summed E-state index contributed by atoms with van der Waals surface area (Å²) < 4.78 is 0. The monoisotopic (exact) mass is 258 g/mol. The molecule has 1 aromatic rings. The summed E-state index contributed by atoms with van der Waals surface area (Å²) in [5.74, 6) is 0.527. The van der Waals surface area contributed by atoms with Gasteiger partial charge in [-0.25, -0.2) is 0 Å². The van der Waals surface area contributed by atoms with Crippen molar-refractivity contribution in [3.05, 3.63) is 41.7 Å². The number of nitrogens with zero attached hydrogens (tertiary/aromatic N) is 1. The van der Waals surface area contributed by atoms with Gasteiger partial charge >= 0.3 is 0 Å². The fourth-order valence-corrected chi connectivity index (χ4v) is 2.62. The van der Waals surface area contributed by atoms with E-state index >= 15 is 0 Å². The van der Waals surface area contributed by atoms with E-state index in [0.29, 0.717) is 5.92 Å². The molecule has 19 heavy (non-hydrogen) atoms. The Kier molecular flexibility index (Phi) is 4.76. The van der Waals surface area contributed by atoms with Crippen LogP contribution in [0.3, 0.4) is 0 Å². The minimum atomic E-state index is 0.215. The second-order valence-electron chi connectivity index (χ2n) is 6.44. The Balaban J connectivity index is 1.87. The molecule has 0 fully saturated rings. The molecule has 2 nitrogen and oxygen atoms in total. The molecule has 2 rings (SSSR count). The first-order valence-corrected chi connectivity index (χ1v) is 7.42. The van der Waals surface area contributed by atoms with Crippen LogP contribution in [-0.2, 0) is 6.42 Å². The van der Waals surface area contributed by atoms with Gasteiger partial charge in [-0.15, -0.1) is 0 Å². The van der Waals surface area contributed by atoms with Gasteiger partial charge in [0.1, 0.15) is 0 Å². The number of hydrogen-bond donors (Lipinski definition) is 1. The van der Waals surface area contributed by atoms with Crippen LogP contribution < -0.4 is 5.32 Å². The molecule has 1 unspecified atom stereocenters. The summed E-state index contributed by atoms with van der Waals surface area (Å²) in [6, 6.07) is 4.28. The number of aromatic nitrogens is 1. The van der Waals surface area contributed by atoms with Crippen LogP contribution in [0.4, 0.5) is 0 Å². The summed E-state index contributed by atoms with van der Waals surface area (Å²) in [5.41, 5.74) is 2.96. The van der Waals surface area contributed by atoms with E-state index in [1.807, 2.05) is 6.20 Å². The molecule has 1 heterocycles. The van der Waals surface area contributed by atoms with Crippen LogP contribution in [0.2, 0.25) is 0 Å². The van der Waals surface area contributed by atoms with Crippen molar-refractivity contribution in [1.29, 1.82) is 0 Å². The third kappa shape index (κ3) is 4.46. The van der Waals surface area contributed by atoms with E-state index in [2.05, 4.69) is 55.4 Å². The first-order chi connectivity index (χ1) is 9.06. The smallest absolute Gasteiger partial charge is 0.0504 e. The molecule has 0 spiro atoms. The van der Waals surface area contributed by atoms with Crippen molar-refractivity contribution < 1.29 is 0 Å². The van der Waals surface area contributed by atoms with Crippen LogP contribution in [0.15, 0.2) is 30.5 Å². The number of fused-ring (bicyclic) bond motifs is 1. The highest BCUT2D eigenvalue weighted by molar-refractivity contribution is 5.29. The molecule has 1 aliphatic rings. The van der Waals surface area contributed by atoms with E-state index in [-0.39, 0.29) is 5.54 Å². The molecule has 0 aliphatic heterocycles. The molecular weight excluding hydrogens is 232 g/mol. The lowest BCUT2D eigenvalue weighted by molar-refractivity contribution is 0.431. The first kappa shape index (κ1) is 14.3. The van der Waals surface area contributed by atoms with Crippen molar-refractivity contribution in [2.24, 2.45) is 0 Å². The highest BCUT2D eigenvalue weighted by atomic mass is 14.9. The van der Waals surface area contributed by atoms with Crippen LogP contribution in [0.5, 0.6) is 0 Å². The number of aryl methyl sites for hydroxylation is 1. The maximum Gasteiger partial charge on any atom is 0.0504 e. The quantitative estimate of drug-likeness (QED) is 0.655. The van der Waals surface area contributed by atoms with Crippen molar-refractivity contribution in [2.75, 3.05) is 6.54 Å². The lowest BCUT2D eigenvalue weighted by Gasteiger charge is -2.22. The molecule has 0 saturated heterocycles. The van der Waals surface area contributed by atoms with E-state index in [4.69, 9.17) is 0 Å². The molecular formula is C17H26N2. The minimum Gasteiger partial charge on any atom is -0.312 e. The number of hydrogen-bond acceptors (Lipinski definition) is 2. The van der Waals surface area contributed by atoms with E-state index in [1.165, 1.54) is 30.5 Å². The molecule has 1 aliphatic carbocycles. The van der Waals surface area contributed by atoms with Crippen molar-refractivity contribution >= 4 is 0 Å². The van der Waals surface area contributed by atoms with Gasteiger partial charge in [0.25, 0.3) is 0 Å². The van der Waals surface area contributed by atoms with Gasteiger partial charge in [-0.05, 0) is 64.6 Å². The first-order valence-electron chi connectivity index (χ1n) is 7.42. The second kappa shape index (κ2) is 6.33. The Morgan fingerprint density at radius 2 is 2.26 bits per heavy atom. The average molecular weight is 258 g/mol. The van der Waals surface area contributed by atoms with E-state index in [0.717, 1.165) is 13.0 Å². The minimum absolute atomic E-state index is 0.215. The Morgan fingerprint density at radius 1 is 1.42 bits per heavy atom. The number of allylic oxidation sites excluding steroid dienone is 1. The van der Waals surface area contributed by atoms with Gasteiger partial charge in [-0.1, -0.05) is 18.2 Å². The SMILES string of the molecule is CC(C)(C)NCCC=CC1CCCc2cccnc21. The van der Waals surface area contributed by atoms with Crippen LogP contribution in [0, 0.1) is 0 Å². The lowest BCUT2D eigenvalue weighted by atomic mass is 9.86. The van der Waals surface area contributed by atoms with Gasteiger partial charge < -0.3 is 5.32 Å². The molecule has 0 saturated carbocycles. The molecule has 1 N–H and O–H groups in total. The predicted molar refractivity (Wildman–Crippen MR) is 81.4 cm³/mol. The summed E-state index contributed by atoms with van der Waals surface area (Å²) >= 11 is 0. The van der Waals surface area contributed by atoms with Crippen LogP contribution in [0.25, 0.3) is 0 Å². The topological polar surface area (TPSA) is 24.9 Å². The van der Waals surface area contributed by atoms with Gasteiger partial charge in [0.2, 0.25) is 0 Å². The summed E-state index contributed by atoms with van der Waals surface area (Å²) in [4.78, 5) is 4.57. The molecule has 0 aromatic carbocycles. The maximum atomic E-state index is 4.57. The fourth-order valence-electron chi connectivity index (χ4n) is 2.62. The van der Waals surface area contributed by atoms with Gasteiger partial charge in [0.05, 0.1) is 5.69 Å². The Morgan fingerprint density at radius 3 is 3.05 bits per heavy atom. The Labute approximate surface area is 117 Å². The highest BCUT2D eigenvalue weighted by Crippen LogP contribution is 2.30. The van der Waals surface area contributed by atoms with Crippen LogP contribution in [0.1, 0.15) is 57.2 Å². The average Bonchev–Trinajstić information content (AvgIpc) is 2.37. The van der Waals surface area contributed by atoms with E-state index < -0.39 is 0 Å². The number of nitrogens with one attached hydrogen (secondary N) is 1.